The topological polar surface area (TPSA) is 15.6 Å². The Hall–Kier alpha value is -0.465. The Morgan fingerprint density at radius 3 is 2.42 bits per heavy atom. The van der Waals surface area contributed by atoms with Crippen LogP contribution in [0.15, 0.2) is 4.99 Å². The van der Waals surface area contributed by atoms with E-state index in [-0.39, 0.29) is 0 Å². The third kappa shape index (κ3) is 3.35. The zero-order valence-corrected chi connectivity index (χ0v) is 13.1. The van der Waals surface area contributed by atoms with Gasteiger partial charge in [0, 0.05) is 24.5 Å². The maximum Gasteiger partial charge on any atom is 0.0997 e. The summed E-state index contributed by atoms with van der Waals surface area (Å²) in [6.45, 7) is 8.95. The lowest BCUT2D eigenvalue weighted by atomic mass is 9.68. The Morgan fingerprint density at radius 1 is 1.11 bits per heavy atom. The van der Waals surface area contributed by atoms with Crippen molar-refractivity contribution in [3.05, 3.63) is 0 Å². The van der Waals surface area contributed by atoms with Crippen molar-refractivity contribution >= 4 is 13.7 Å². The predicted molar refractivity (Wildman–Crippen MR) is 84.0 cm³/mol. The lowest BCUT2D eigenvalue weighted by Crippen LogP contribution is -2.52. The van der Waals surface area contributed by atoms with Crippen molar-refractivity contribution in [1.82, 2.24) is 4.90 Å². The maximum absolute atomic E-state index is 6.43. The van der Waals surface area contributed by atoms with Crippen LogP contribution in [-0.4, -0.2) is 36.7 Å². The first-order chi connectivity index (χ1) is 9.00. The highest BCUT2D eigenvalue weighted by atomic mass is 15.2. The van der Waals surface area contributed by atoms with E-state index < -0.39 is 0 Å². The number of rotatable bonds is 2. The molecule has 106 valence electrons. The van der Waals surface area contributed by atoms with Gasteiger partial charge in [0.25, 0.3) is 0 Å². The van der Waals surface area contributed by atoms with E-state index >= 15 is 0 Å². The number of aliphatic imine (C=N–C) groups is 1. The van der Waals surface area contributed by atoms with E-state index in [4.69, 9.17) is 12.8 Å². The standard InChI is InChI=1S/C16H29BN2/c1-11(2)18-16-10-9-13-14(17)7-5-6-8-15(13)19(16)12(3)4/h11-15H,5-10H2,1-4H3. The largest absolute Gasteiger partial charge is 0.355 e. The van der Waals surface area contributed by atoms with Crippen molar-refractivity contribution < 1.29 is 0 Å². The third-order valence-corrected chi connectivity index (χ3v) is 4.65. The van der Waals surface area contributed by atoms with Crippen molar-refractivity contribution in [2.45, 2.75) is 90.2 Å². The van der Waals surface area contributed by atoms with Gasteiger partial charge in [-0.1, -0.05) is 25.1 Å². The minimum atomic E-state index is 0.396. The predicted octanol–water partition coefficient (Wildman–Crippen LogP) is 3.81. The van der Waals surface area contributed by atoms with Crippen LogP contribution in [0.5, 0.6) is 0 Å². The molecule has 0 bridgehead atoms. The number of amidine groups is 1. The highest BCUT2D eigenvalue weighted by Crippen LogP contribution is 2.41. The summed E-state index contributed by atoms with van der Waals surface area (Å²) in [5.41, 5.74) is 0. The van der Waals surface area contributed by atoms with E-state index in [9.17, 15) is 0 Å². The molecule has 3 heteroatoms. The van der Waals surface area contributed by atoms with Gasteiger partial charge in [-0.15, -0.1) is 0 Å². The van der Waals surface area contributed by atoms with E-state index in [2.05, 4.69) is 32.6 Å². The van der Waals surface area contributed by atoms with Crippen LogP contribution in [0.1, 0.15) is 66.2 Å². The zero-order chi connectivity index (χ0) is 14.0. The van der Waals surface area contributed by atoms with Gasteiger partial charge in [0.2, 0.25) is 0 Å². The van der Waals surface area contributed by atoms with Crippen LogP contribution >= 0.6 is 0 Å². The Labute approximate surface area is 120 Å². The molecule has 1 saturated heterocycles. The van der Waals surface area contributed by atoms with Crippen LogP contribution < -0.4 is 0 Å². The molecule has 2 radical (unpaired) electrons. The van der Waals surface area contributed by atoms with Crippen LogP contribution in [0, 0.1) is 5.92 Å². The molecule has 2 nitrogen and oxygen atoms in total. The molecule has 0 aromatic heterocycles. The Bertz CT molecular complexity index is 325. The van der Waals surface area contributed by atoms with Gasteiger partial charge in [-0.3, -0.25) is 4.99 Å². The van der Waals surface area contributed by atoms with Crippen LogP contribution in [0.2, 0.25) is 5.82 Å². The molecule has 0 amide bonds. The fourth-order valence-corrected chi connectivity index (χ4v) is 3.93. The van der Waals surface area contributed by atoms with Gasteiger partial charge in [0.1, 0.15) is 0 Å². The minimum absolute atomic E-state index is 0.396. The van der Waals surface area contributed by atoms with Gasteiger partial charge in [-0.05, 0) is 46.5 Å². The first-order valence-electron chi connectivity index (χ1n) is 8.11. The average molecular weight is 260 g/mol. The van der Waals surface area contributed by atoms with Crippen molar-refractivity contribution in [3.63, 3.8) is 0 Å². The summed E-state index contributed by atoms with van der Waals surface area (Å²) in [6.07, 6.45) is 7.49. The molecule has 2 aliphatic rings. The molecular weight excluding hydrogens is 231 g/mol. The molecular formula is C16H29BN2. The second kappa shape index (κ2) is 6.32. The molecule has 0 spiro atoms. The van der Waals surface area contributed by atoms with Gasteiger partial charge in [-0.2, -0.15) is 0 Å². The Morgan fingerprint density at radius 2 is 1.79 bits per heavy atom. The minimum Gasteiger partial charge on any atom is -0.355 e. The molecule has 0 aromatic carbocycles. The number of hydrogen-bond donors (Lipinski definition) is 0. The summed E-state index contributed by atoms with van der Waals surface area (Å²) < 4.78 is 0. The van der Waals surface area contributed by atoms with E-state index in [1.54, 1.807) is 0 Å². The summed E-state index contributed by atoms with van der Waals surface area (Å²) in [5.74, 6) is 2.41. The van der Waals surface area contributed by atoms with Crippen LogP contribution in [0.4, 0.5) is 0 Å². The molecule has 0 N–H and O–H groups in total. The van der Waals surface area contributed by atoms with Gasteiger partial charge in [0.05, 0.1) is 13.7 Å². The smallest absolute Gasteiger partial charge is 0.0997 e. The highest BCUT2D eigenvalue weighted by molar-refractivity contribution is 6.12. The fourth-order valence-electron chi connectivity index (χ4n) is 3.93. The van der Waals surface area contributed by atoms with E-state index in [0.717, 1.165) is 6.42 Å². The van der Waals surface area contributed by atoms with E-state index in [1.807, 2.05) is 0 Å². The molecule has 3 unspecified atom stereocenters. The summed E-state index contributed by atoms with van der Waals surface area (Å²) >= 11 is 0. The number of piperidine rings is 1. The number of fused-ring (bicyclic) bond motifs is 1. The molecule has 1 heterocycles. The average Bonchev–Trinajstić information content (AvgIpc) is 2.50. The fraction of sp³-hybridized carbons (Fsp3) is 0.938. The molecule has 3 atom stereocenters. The second-order valence-electron chi connectivity index (χ2n) is 6.86. The molecule has 1 saturated carbocycles. The Balaban J connectivity index is 2.26. The summed E-state index contributed by atoms with van der Waals surface area (Å²) in [6, 6.07) is 1.56. The highest BCUT2D eigenvalue weighted by Gasteiger charge is 2.38. The second-order valence-corrected chi connectivity index (χ2v) is 6.86. The summed E-state index contributed by atoms with van der Waals surface area (Å²) in [7, 11) is 6.43. The zero-order valence-electron chi connectivity index (χ0n) is 13.1. The van der Waals surface area contributed by atoms with Crippen molar-refractivity contribution in [3.8, 4) is 0 Å². The SMILES string of the molecule is [B]C1CCCCC2C1CCC(=NC(C)C)N2C(C)C. The molecule has 2 rings (SSSR count). The Kier molecular flexibility index (Phi) is 4.97. The first-order valence-corrected chi connectivity index (χ1v) is 8.11. The van der Waals surface area contributed by atoms with Crippen molar-refractivity contribution in [2.24, 2.45) is 10.9 Å². The molecule has 1 aliphatic heterocycles. The lowest BCUT2D eigenvalue weighted by Gasteiger charge is -2.47. The monoisotopic (exact) mass is 260 g/mol. The van der Waals surface area contributed by atoms with Crippen molar-refractivity contribution in [2.75, 3.05) is 0 Å². The molecule has 19 heavy (non-hydrogen) atoms. The summed E-state index contributed by atoms with van der Waals surface area (Å²) in [4.78, 5) is 7.48. The van der Waals surface area contributed by atoms with Crippen LogP contribution in [0.25, 0.3) is 0 Å². The van der Waals surface area contributed by atoms with Gasteiger partial charge in [-0.25, -0.2) is 0 Å². The van der Waals surface area contributed by atoms with Crippen LogP contribution in [0.3, 0.4) is 0 Å². The molecule has 2 fully saturated rings. The van der Waals surface area contributed by atoms with Gasteiger partial charge in [0.15, 0.2) is 0 Å². The molecule has 1 aliphatic carbocycles. The van der Waals surface area contributed by atoms with Gasteiger partial charge < -0.3 is 4.90 Å². The van der Waals surface area contributed by atoms with Crippen molar-refractivity contribution in [1.29, 1.82) is 0 Å². The maximum atomic E-state index is 6.43. The quantitative estimate of drug-likeness (QED) is 0.689. The number of nitrogens with zero attached hydrogens (tertiary/aromatic N) is 2. The normalized spacial score (nSPS) is 34.7. The third-order valence-electron chi connectivity index (χ3n) is 4.65. The number of hydrogen-bond acceptors (Lipinski definition) is 1. The van der Waals surface area contributed by atoms with Crippen LogP contribution in [-0.2, 0) is 0 Å². The lowest BCUT2D eigenvalue weighted by molar-refractivity contribution is 0.149. The van der Waals surface area contributed by atoms with Gasteiger partial charge >= 0.3 is 0 Å². The number of likely N-dealkylation sites (tertiary alicyclic amines) is 1. The summed E-state index contributed by atoms with van der Waals surface area (Å²) in [5, 5.41) is 0. The molecule has 0 aromatic rings. The van der Waals surface area contributed by atoms with E-state index in [1.165, 1.54) is 37.9 Å². The van der Waals surface area contributed by atoms with E-state index in [0.29, 0.717) is 29.9 Å². The first kappa shape index (κ1) is 14.9.